The number of carbonyl (C=O) groups is 1. The van der Waals surface area contributed by atoms with E-state index in [4.69, 9.17) is 10.7 Å². The molecule has 27 heavy (non-hydrogen) atoms. The number of likely N-dealkylation sites (tertiary alicyclic amines) is 1. The SMILES string of the molecule is Cc1cc(-c2cccs2)nc([C@H]2CCCN(C(=O)c3sc(N)nc3C)C2)n1. The van der Waals surface area contributed by atoms with Gasteiger partial charge in [-0.15, -0.1) is 11.3 Å². The number of aromatic nitrogens is 3. The lowest BCUT2D eigenvalue weighted by atomic mass is 9.96. The highest BCUT2D eigenvalue weighted by Crippen LogP contribution is 2.30. The Bertz CT molecular complexity index is 967. The lowest BCUT2D eigenvalue weighted by Gasteiger charge is -2.32. The lowest BCUT2D eigenvalue weighted by Crippen LogP contribution is -2.39. The van der Waals surface area contributed by atoms with Crippen LogP contribution in [0.15, 0.2) is 23.6 Å². The minimum atomic E-state index is 0.0116. The summed E-state index contributed by atoms with van der Waals surface area (Å²) in [5, 5.41) is 2.49. The molecule has 0 radical (unpaired) electrons. The molecule has 0 unspecified atom stereocenters. The molecular weight excluding hydrogens is 378 g/mol. The van der Waals surface area contributed by atoms with Gasteiger partial charge in [-0.05, 0) is 44.2 Å². The highest BCUT2D eigenvalue weighted by atomic mass is 32.1. The number of aryl methyl sites for hydroxylation is 2. The smallest absolute Gasteiger partial charge is 0.265 e. The normalized spacial score (nSPS) is 17.3. The third kappa shape index (κ3) is 3.72. The van der Waals surface area contributed by atoms with Crippen molar-refractivity contribution in [3.63, 3.8) is 0 Å². The number of hydrogen-bond acceptors (Lipinski definition) is 7. The average Bonchev–Trinajstić information content (AvgIpc) is 3.30. The second-order valence-corrected chi connectivity index (χ2v) is 8.77. The second kappa shape index (κ2) is 7.36. The first-order chi connectivity index (χ1) is 13.0. The van der Waals surface area contributed by atoms with Crippen molar-refractivity contribution in [2.45, 2.75) is 32.6 Å². The van der Waals surface area contributed by atoms with Crippen LogP contribution in [0.1, 0.15) is 45.6 Å². The number of nitrogen functional groups attached to an aromatic ring is 1. The average molecular weight is 400 g/mol. The van der Waals surface area contributed by atoms with Crippen molar-refractivity contribution < 1.29 is 4.79 Å². The first-order valence-corrected chi connectivity index (χ1v) is 10.6. The zero-order valence-corrected chi connectivity index (χ0v) is 16.9. The van der Waals surface area contributed by atoms with E-state index in [1.165, 1.54) is 11.3 Å². The van der Waals surface area contributed by atoms with Gasteiger partial charge in [0.05, 0.1) is 16.3 Å². The van der Waals surface area contributed by atoms with Crippen molar-refractivity contribution in [3.05, 3.63) is 45.7 Å². The zero-order valence-electron chi connectivity index (χ0n) is 15.3. The Kier molecular flexibility index (Phi) is 4.92. The van der Waals surface area contributed by atoms with Crippen LogP contribution < -0.4 is 5.73 Å². The summed E-state index contributed by atoms with van der Waals surface area (Å²) >= 11 is 2.94. The van der Waals surface area contributed by atoms with Gasteiger partial charge in [-0.3, -0.25) is 4.79 Å². The van der Waals surface area contributed by atoms with Gasteiger partial charge < -0.3 is 10.6 Å². The molecule has 8 heteroatoms. The number of thiazole rings is 1. The molecule has 0 bridgehead atoms. The topological polar surface area (TPSA) is 85.0 Å². The first-order valence-electron chi connectivity index (χ1n) is 8.93. The molecule has 4 rings (SSSR count). The number of rotatable bonds is 3. The predicted octanol–water partition coefficient (Wildman–Crippen LogP) is 3.88. The van der Waals surface area contributed by atoms with Gasteiger partial charge in [0.2, 0.25) is 0 Å². The van der Waals surface area contributed by atoms with Crippen LogP contribution in [0.25, 0.3) is 10.6 Å². The molecule has 1 fully saturated rings. The maximum atomic E-state index is 12.9. The summed E-state index contributed by atoms with van der Waals surface area (Å²) in [4.78, 5) is 30.3. The van der Waals surface area contributed by atoms with Crippen molar-refractivity contribution in [1.82, 2.24) is 19.9 Å². The zero-order chi connectivity index (χ0) is 19.0. The third-order valence-electron chi connectivity index (χ3n) is 4.73. The fourth-order valence-corrected chi connectivity index (χ4v) is 4.94. The minimum Gasteiger partial charge on any atom is -0.375 e. The Balaban J connectivity index is 1.58. The number of anilines is 1. The number of nitrogens with two attached hydrogens (primary N) is 1. The second-order valence-electron chi connectivity index (χ2n) is 6.79. The summed E-state index contributed by atoms with van der Waals surface area (Å²) in [6.45, 7) is 5.20. The van der Waals surface area contributed by atoms with Gasteiger partial charge in [0.1, 0.15) is 10.7 Å². The molecular formula is C19H21N5OS2. The number of thiophene rings is 1. The monoisotopic (exact) mass is 399 g/mol. The molecule has 1 aliphatic rings. The van der Waals surface area contributed by atoms with E-state index >= 15 is 0 Å². The lowest BCUT2D eigenvalue weighted by molar-refractivity contribution is 0.0708. The molecule has 0 spiro atoms. The van der Waals surface area contributed by atoms with Crippen LogP contribution in [-0.2, 0) is 0 Å². The summed E-state index contributed by atoms with van der Waals surface area (Å²) in [6, 6.07) is 6.12. The van der Waals surface area contributed by atoms with Gasteiger partial charge in [-0.2, -0.15) is 0 Å². The van der Waals surface area contributed by atoms with E-state index in [2.05, 4.69) is 21.4 Å². The van der Waals surface area contributed by atoms with Crippen LogP contribution >= 0.6 is 22.7 Å². The molecule has 1 aliphatic heterocycles. The van der Waals surface area contributed by atoms with Gasteiger partial charge in [0.15, 0.2) is 5.13 Å². The molecule has 2 N–H and O–H groups in total. The molecule has 0 saturated carbocycles. The standard InChI is InChI=1S/C19H21N5OS2/c1-11-9-14(15-6-4-8-26-15)23-17(21-11)13-5-3-7-24(10-13)18(25)16-12(2)22-19(20)27-16/h4,6,8-9,13H,3,5,7,10H2,1-2H3,(H2,20,22)/t13-/m0/s1. The van der Waals surface area contributed by atoms with E-state index in [1.54, 1.807) is 11.3 Å². The summed E-state index contributed by atoms with van der Waals surface area (Å²) in [5.41, 5.74) is 8.38. The molecule has 3 aromatic heterocycles. The van der Waals surface area contributed by atoms with Gasteiger partial charge in [-0.1, -0.05) is 17.4 Å². The maximum Gasteiger partial charge on any atom is 0.265 e. The van der Waals surface area contributed by atoms with Gasteiger partial charge in [0.25, 0.3) is 5.91 Å². The Morgan fingerprint density at radius 2 is 2.15 bits per heavy atom. The fourth-order valence-electron chi connectivity index (χ4n) is 3.46. The Labute approximate surface area is 166 Å². The van der Waals surface area contributed by atoms with Crippen LogP contribution in [0, 0.1) is 13.8 Å². The summed E-state index contributed by atoms with van der Waals surface area (Å²) < 4.78 is 0. The van der Waals surface area contributed by atoms with Crippen LogP contribution in [-0.4, -0.2) is 38.8 Å². The van der Waals surface area contributed by atoms with Gasteiger partial charge in [-0.25, -0.2) is 15.0 Å². The Hall–Kier alpha value is -2.32. The maximum absolute atomic E-state index is 12.9. The molecule has 140 valence electrons. The van der Waals surface area contributed by atoms with Crippen molar-refractivity contribution in [2.75, 3.05) is 18.8 Å². The molecule has 1 amide bonds. The summed E-state index contributed by atoms with van der Waals surface area (Å²) in [7, 11) is 0. The number of hydrogen-bond donors (Lipinski definition) is 1. The van der Waals surface area contributed by atoms with Crippen molar-refractivity contribution >= 4 is 33.7 Å². The van der Waals surface area contributed by atoms with Crippen molar-refractivity contribution in [1.29, 1.82) is 0 Å². The molecule has 0 aromatic carbocycles. The fraction of sp³-hybridized carbons (Fsp3) is 0.368. The van der Waals surface area contributed by atoms with Crippen LogP contribution in [0.2, 0.25) is 0 Å². The van der Waals surface area contributed by atoms with Crippen LogP contribution in [0.3, 0.4) is 0 Å². The quantitative estimate of drug-likeness (QED) is 0.722. The Morgan fingerprint density at radius 1 is 1.30 bits per heavy atom. The number of amides is 1. The summed E-state index contributed by atoms with van der Waals surface area (Å²) in [5.74, 6) is 0.987. The number of carbonyl (C=O) groups excluding carboxylic acids is 1. The molecule has 0 aliphatic carbocycles. The van der Waals surface area contributed by atoms with E-state index in [9.17, 15) is 4.79 Å². The van der Waals surface area contributed by atoms with E-state index in [1.807, 2.05) is 30.9 Å². The molecule has 4 heterocycles. The molecule has 1 atom stereocenters. The van der Waals surface area contributed by atoms with Gasteiger partial charge >= 0.3 is 0 Å². The number of piperidine rings is 1. The molecule has 1 saturated heterocycles. The van der Waals surface area contributed by atoms with Crippen LogP contribution in [0.5, 0.6) is 0 Å². The molecule has 6 nitrogen and oxygen atoms in total. The Morgan fingerprint density at radius 3 is 2.85 bits per heavy atom. The molecule has 3 aromatic rings. The number of nitrogens with zero attached hydrogens (tertiary/aromatic N) is 4. The summed E-state index contributed by atoms with van der Waals surface area (Å²) in [6.07, 6.45) is 1.93. The van der Waals surface area contributed by atoms with E-state index < -0.39 is 0 Å². The van der Waals surface area contributed by atoms with Crippen LogP contribution in [0.4, 0.5) is 5.13 Å². The minimum absolute atomic E-state index is 0.0116. The largest absolute Gasteiger partial charge is 0.375 e. The van der Waals surface area contributed by atoms with Gasteiger partial charge in [0, 0.05) is 24.7 Å². The highest BCUT2D eigenvalue weighted by molar-refractivity contribution is 7.17. The van der Waals surface area contributed by atoms with Crippen molar-refractivity contribution in [3.8, 4) is 10.6 Å². The van der Waals surface area contributed by atoms with E-state index in [0.717, 1.165) is 41.5 Å². The predicted molar refractivity (Wildman–Crippen MR) is 109 cm³/mol. The third-order valence-corrected chi connectivity index (χ3v) is 6.59. The van der Waals surface area contributed by atoms with E-state index in [0.29, 0.717) is 22.2 Å². The van der Waals surface area contributed by atoms with E-state index in [-0.39, 0.29) is 11.8 Å². The first kappa shape index (κ1) is 18.1. The highest BCUT2D eigenvalue weighted by Gasteiger charge is 2.29. The van der Waals surface area contributed by atoms with Crippen molar-refractivity contribution in [2.24, 2.45) is 0 Å².